The second-order valence-electron chi connectivity index (χ2n) is 12.2. The van der Waals surface area contributed by atoms with Crippen LogP contribution in [0.5, 0.6) is 0 Å². The number of aliphatic carboxylic acids is 3. The smallest absolute Gasteiger partial charge is 0.475 e. The Morgan fingerprint density at radius 3 is 1.84 bits per heavy atom. The van der Waals surface area contributed by atoms with Crippen LogP contribution >= 0.6 is 0 Å². The van der Waals surface area contributed by atoms with E-state index in [0.717, 1.165) is 56.3 Å². The van der Waals surface area contributed by atoms with Gasteiger partial charge in [-0.2, -0.15) is 39.5 Å². The third-order valence-electron chi connectivity index (χ3n) is 7.87. The van der Waals surface area contributed by atoms with Gasteiger partial charge >= 0.3 is 36.4 Å². The zero-order valence-corrected chi connectivity index (χ0v) is 26.1. The van der Waals surface area contributed by atoms with E-state index in [0.29, 0.717) is 0 Å². The minimum atomic E-state index is -5.08. The topological polar surface area (TPSA) is 169 Å². The largest absolute Gasteiger partial charge is 0.490 e. The van der Waals surface area contributed by atoms with Crippen LogP contribution in [-0.2, 0) is 32.9 Å². The van der Waals surface area contributed by atoms with Gasteiger partial charge in [0.15, 0.2) is 0 Å². The number of hydrogen-bond acceptors (Lipinski definition) is 9. The number of carbonyl (C=O) groups is 3. The van der Waals surface area contributed by atoms with Crippen LogP contribution in [0.15, 0.2) is 29.0 Å². The van der Waals surface area contributed by atoms with E-state index < -0.39 is 36.4 Å². The van der Waals surface area contributed by atoms with Gasteiger partial charge < -0.3 is 30.0 Å². The molecule has 280 valence electrons. The molecule has 12 nitrogen and oxygen atoms in total. The summed E-state index contributed by atoms with van der Waals surface area (Å²) >= 11 is 0. The molecule has 0 radical (unpaired) electrons. The Balaban J connectivity index is 0.000000265. The molecule has 1 atom stereocenters. The molecule has 3 fully saturated rings. The summed E-state index contributed by atoms with van der Waals surface area (Å²) in [6, 6.07) is 4.06. The molecule has 2 aliphatic heterocycles. The summed E-state index contributed by atoms with van der Waals surface area (Å²) in [4.78, 5) is 41.7. The lowest BCUT2D eigenvalue weighted by molar-refractivity contribution is -0.193. The molecule has 2 saturated carbocycles. The van der Waals surface area contributed by atoms with E-state index in [1.165, 1.54) is 56.5 Å². The van der Waals surface area contributed by atoms with Crippen molar-refractivity contribution in [2.45, 2.75) is 69.1 Å². The molecule has 21 heteroatoms. The quantitative estimate of drug-likeness (QED) is 0.276. The minimum Gasteiger partial charge on any atom is -0.475 e. The molecule has 4 N–H and O–H groups in total. The first-order valence-corrected chi connectivity index (χ1v) is 15.1. The van der Waals surface area contributed by atoms with Gasteiger partial charge in [-0.1, -0.05) is 0 Å². The molecule has 2 aromatic rings. The van der Waals surface area contributed by atoms with Crippen LogP contribution in [0, 0.1) is 11.8 Å². The maximum Gasteiger partial charge on any atom is 0.490 e. The zero-order valence-electron chi connectivity index (χ0n) is 26.1. The molecule has 50 heavy (non-hydrogen) atoms. The number of carboxylic acids is 3. The highest BCUT2D eigenvalue weighted by Gasteiger charge is 2.47. The standard InChI is InChI=1S/C23H31N5O.3C2HF3O2/c1-2-20(29-9-1)14-28-13-19-11-25-22(24-10-17-3-4-17)26-21(19)23(16-28)7-8-27(15-23)12-18-5-6-18;3*3-2(4,5)1(6)7/h1-2,9,11,17-18H,3-8,10,12-16H2,(H,24,25,26);3*(H,6,7). The number of alkyl halides is 9. The Kier molecular flexibility index (Phi) is 13.1. The Labute approximate surface area is 278 Å². The predicted octanol–water partition coefficient (Wildman–Crippen LogP) is 5.16. The van der Waals surface area contributed by atoms with Crippen LogP contribution in [0.3, 0.4) is 0 Å². The number of carboxylic acid groups (broad SMARTS) is 3. The van der Waals surface area contributed by atoms with Crippen molar-refractivity contribution < 1.29 is 73.6 Å². The van der Waals surface area contributed by atoms with E-state index in [1.54, 1.807) is 6.26 Å². The van der Waals surface area contributed by atoms with Gasteiger partial charge in [0.05, 0.1) is 18.5 Å². The highest BCUT2D eigenvalue weighted by atomic mass is 19.4. The normalized spacial score (nSPS) is 20.7. The molecule has 1 saturated heterocycles. The van der Waals surface area contributed by atoms with Crippen LogP contribution < -0.4 is 5.32 Å². The van der Waals surface area contributed by atoms with Gasteiger partial charge in [0.25, 0.3) is 0 Å². The van der Waals surface area contributed by atoms with E-state index in [9.17, 15) is 39.5 Å². The molecule has 0 bridgehead atoms. The van der Waals surface area contributed by atoms with E-state index in [2.05, 4.69) is 32.4 Å². The van der Waals surface area contributed by atoms with E-state index in [4.69, 9.17) is 39.1 Å². The number of likely N-dealkylation sites (tertiary alicyclic amines) is 1. The van der Waals surface area contributed by atoms with Crippen molar-refractivity contribution in [1.82, 2.24) is 19.8 Å². The Bertz CT molecular complexity index is 1390. The van der Waals surface area contributed by atoms with Crippen LogP contribution in [0.2, 0.25) is 0 Å². The third-order valence-corrected chi connectivity index (χ3v) is 7.87. The number of aromatic nitrogens is 2. The van der Waals surface area contributed by atoms with Crippen molar-refractivity contribution in [3.05, 3.63) is 41.6 Å². The summed E-state index contributed by atoms with van der Waals surface area (Å²) in [5, 5.41) is 24.9. The number of nitrogens with zero attached hydrogens (tertiary/aromatic N) is 4. The molecule has 0 aromatic carbocycles. The predicted molar refractivity (Wildman–Crippen MR) is 153 cm³/mol. The van der Waals surface area contributed by atoms with Gasteiger partial charge in [-0.3, -0.25) is 4.90 Å². The summed E-state index contributed by atoms with van der Waals surface area (Å²) in [5.74, 6) is -4.63. The third kappa shape index (κ3) is 13.0. The highest BCUT2D eigenvalue weighted by Crippen LogP contribution is 2.42. The summed E-state index contributed by atoms with van der Waals surface area (Å²) in [6.45, 7) is 7.43. The second kappa shape index (κ2) is 16.3. The van der Waals surface area contributed by atoms with Crippen molar-refractivity contribution in [2.24, 2.45) is 11.8 Å². The monoisotopic (exact) mass is 735 g/mol. The van der Waals surface area contributed by atoms with Gasteiger partial charge in [0.1, 0.15) is 5.76 Å². The first kappa shape index (κ1) is 40.3. The van der Waals surface area contributed by atoms with Gasteiger partial charge in [0, 0.05) is 49.9 Å². The number of rotatable bonds is 7. The highest BCUT2D eigenvalue weighted by molar-refractivity contribution is 5.73. The van der Waals surface area contributed by atoms with Crippen molar-refractivity contribution in [1.29, 1.82) is 0 Å². The molecular formula is C29H34F9N5O7. The van der Waals surface area contributed by atoms with Gasteiger partial charge in [-0.15, -0.1) is 0 Å². The molecular weight excluding hydrogens is 701 g/mol. The summed E-state index contributed by atoms with van der Waals surface area (Å²) in [6.07, 6.45) is -4.67. The number of halogens is 9. The molecule has 4 heterocycles. The van der Waals surface area contributed by atoms with Crippen molar-refractivity contribution in [3.63, 3.8) is 0 Å². The lowest BCUT2D eigenvalue weighted by atomic mass is 9.78. The Morgan fingerprint density at radius 1 is 0.860 bits per heavy atom. The molecule has 1 unspecified atom stereocenters. The fraction of sp³-hybridized carbons (Fsp3) is 0.621. The minimum absolute atomic E-state index is 0.119. The van der Waals surface area contributed by atoms with Gasteiger partial charge in [0.2, 0.25) is 5.95 Å². The average Bonchev–Trinajstić information content (AvgIpc) is 3.91. The fourth-order valence-corrected chi connectivity index (χ4v) is 5.26. The fourth-order valence-electron chi connectivity index (χ4n) is 5.26. The van der Waals surface area contributed by atoms with E-state index in [-0.39, 0.29) is 5.41 Å². The lowest BCUT2D eigenvalue weighted by Gasteiger charge is -2.41. The number of hydrogen-bond donors (Lipinski definition) is 4. The van der Waals surface area contributed by atoms with Crippen molar-refractivity contribution >= 4 is 23.9 Å². The molecule has 0 amide bonds. The zero-order chi connectivity index (χ0) is 37.5. The van der Waals surface area contributed by atoms with Crippen molar-refractivity contribution in [2.75, 3.05) is 38.0 Å². The molecule has 4 aliphatic rings. The summed E-state index contributed by atoms with van der Waals surface area (Å²) in [5.41, 5.74) is 2.72. The van der Waals surface area contributed by atoms with E-state index >= 15 is 0 Å². The van der Waals surface area contributed by atoms with Crippen LogP contribution in [0.25, 0.3) is 0 Å². The molecule has 2 aliphatic carbocycles. The molecule has 2 aromatic heterocycles. The number of furan rings is 1. The lowest BCUT2D eigenvalue weighted by Crippen LogP contribution is -2.48. The molecule has 1 spiro atoms. The van der Waals surface area contributed by atoms with Gasteiger partial charge in [-0.05, 0) is 62.6 Å². The Morgan fingerprint density at radius 2 is 1.38 bits per heavy atom. The van der Waals surface area contributed by atoms with E-state index in [1.807, 2.05) is 6.07 Å². The SMILES string of the molecule is O=C(O)C(F)(F)F.O=C(O)C(F)(F)F.O=C(O)C(F)(F)F.c1coc(CN2Cc3cnc(NCC4CC4)nc3C3(CCN(CC4CC4)C3)C2)c1. The summed E-state index contributed by atoms with van der Waals surface area (Å²) in [7, 11) is 0. The Hall–Kier alpha value is -4.14. The van der Waals surface area contributed by atoms with Gasteiger partial charge in [-0.25, -0.2) is 24.4 Å². The summed E-state index contributed by atoms with van der Waals surface area (Å²) < 4.78 is 101. The first-order valence-electron chi connectivity index (χ1n) is 15.1. The van der Waals surface area contributed by atoms with Crippen molar-refractivity contribution in [3.8, 4) is 0 Å². The second-order valence-corrected chi connectivity index (χ2v) is 12.2. The first-order chi connectivity index (χ1) is 23.1. The number of nitrogens with one attached hydrogen (secondary N) is 1. The van der Waals surface area contributed by atoms with Crippen LogP contribution in [-0.4, -0.2) is 104 Å². The maximum absolute atomic E-state index is 10.6. The average molecular weight is 736 g/mol. The number of fused-ring (bicyclic) bond motifs is 2. The molecule has 6 rings (SSSR count). The van der Waals surface area contributed by atoms with Crippen LogP contribution in [0.1, 0.15) is 49.1 Å². The maximum atomic E-state index is 10.6. The number of anilines is 1. The van der Waals surface area contributed by atoms with Crippen LogP contribution in [0.4, 0.5) is 45.5 Å².